The number of hydrogen-bond donors (Lipinski definition) is 4. The van der Waals surface area contributed by atoms with Gasteiger partial charge in [0, 0.05) is 5.92 Å². The van der Waals surface area contributed by atoms with Gasteiger partial charge < -0.3 is 15.5 Å². The predicted octanol–water partition coefficient (Wildman–Crippen LogP) is -0.913. The van der Waals surface area contributed by atoms with Crippen LogP contribution in [0.3, 0.4) is 0 Å². The maximum atomic E-state index is 11.8. The molecule has 1 rings (SSSR count). The van der Waals surface area contributed by atoms with Gasteiger partial charge in [-0.1, -0.05) is 0 Å². The zero-order valence-corrected chi connectivity index (χ0v) is 11.2. The second-order valence-corrected chi connectivity index (χ2v) is 6.34. The lowest BCUT2D eigenvalue weighted by Gasteiger charge is -2.15. The van der Waals surface area contributed by atoms with Gasteiger partial charge in [0.15, 0.2) is 0 Å². The molecule has 3 atom stereocenters. The first-order valence-corrected chi connectivity index (χ1v) is 7.33. The minimum Gasteiger partial charge on any atom is -0.481 e. The van der Waals surface area contributed by atoms with Gasteiger partial charge in [-0.25, -0.2) is 4.79 Å². The summed E-state index contributed by atoms with van der Waals surface area (Å²) in [5.74, 6) is -4.33. The van der Waals surface area contributed by atoms with Crippen LogP contribution in [0.1, 0.15) is 25.7 Å². The smallest absolute Gasteiger partial charge is 0.326 e. The van der Waals surface area contributed by atoms with Crippen molar-refractivity contribution in [3.63, 3.8) is 0 Å². The Hall–Kier alpha value is -1.68. The molecule has 0 aromatic carbocycles. The van der Waals surface area contributed by atoms with Crippen LogP contribution in [0.5, 0.6) is 0 Å². The van der Waals surface area contributed by atoms with Crippen LogP contribution in [-0.2, 0) is 24.5 Å². The van der Waals surface area contributed by atoms with E-state index in [1.54, 1.807) is 0 Å². The summed E-state index contributed by atoms with van der Waals surface area (Å²) in [6.07, 6.45) is -0.580. The molecule has 0 aromatic heterocycles. The molecule has 0 heterocycles. The molecule has 1 fully saturated rings. The molecule has 9 nitrogen and oxygen atoms in total. The fourth-order valence-corrected chi connectivity index (χ4v) is 3.02. The highest BCUT2D eigenvalue weighted by Gasteiger charge is 2.37. The minimum absolute atomic E-state index is 0.105. The Morgan fingerprint density at radius 1 is 1.20 bits per heavy atom. The molecule has 1 aliphatic carbocycles. The normalized spacial score (nSPS) is 24.1. The van der Waals surface area contributed by atoms with Gasteiger partial charge in [-0.3, -0.25) is 14.1 Å². The van der Waals surface area contributed by atoms with Crippen molar-refractivity contribution in [1.82, 2.24) is 5.32 Å². The molecule has 0 unspecified atom stereocenters. The van der Waals surface area contributed by atoms with Gasteiger partial charge in [0.1, 0.15) is 6.04 Å². The van der Waals surface area contributed by atoms with Crippen molar-refractivity contribution in [2.45, 2.75) is 37.0 Å². The number of nitrogens with one attached hydrogen (secondary N) is 1. The maximum Gasteiger partial charge on any atom is 0.326 e. The average Bonchev–Trinajstić information content (AvgIpc) is 2.75. The van der Waals surface area contributed by atoms with Crippen molar-refractivity contribution in [2.24, 2.45) is 5.92 Å². The molecular weight excluding hydrogens is 294 g/mol. The van der Waals surface area contributed by atoms with E-state index in [0.717, 1.165) is 0 Å². The first kappa shape index (κ1) is 16.4. The molecule has 0 radical (unpaired) electrons. The third-order valence-electron chi connectivity index (χ3n) is 3.17. The lowest BCUT2D eigenvalue weighted by molar-refractivity contribution is -0.147. The predicted molar refractivity (Wildman–Crippen MR) is 64.5 cm³/mol. The van der Waals surface area contributed by atoms with Gasteiger partial charge in [0.2, 0.25) is 5.91 Å². The monoisotopic (exact) mass is 309 g/mol. The zero-order chi connectivity index (χ0) is 15.5. The van der Waals surface area contributed by atoms with Gasteiger partial charge >= 0.3 is 11.9 Å². The molecule has 1 amide bonds. The molecule has 4 N–H and O–H groups in total. The lowest BCUT2D eigenvalue weighted by Crippen LogP contribution is -2.44. The van der Waals surface area contributed by atoms with Gasteiger partial charge in [-0.2, -0.15) is 8.42 Å². The Morgan fingerprint density at radius 3 is 2.20 bits per heavy atom. The van der Waals surface area contributed by atoms with E-state index in [0.29, 0.717) is 0 Å². The molecule has 20 heavy (non-hydrogen) atoms. The molecule has 0 bridgehead atoms. The first-order valence-electron chi connectivity index (χ1n) is 5.82. The summed E-state index contributed by atoms with van der Waals surface area (Å²) >= 11 is 0. The number of carboxylic acid groups (broad SMARTS) is 2. The van der Waals surface area contributed by atoms with Gasteiger partial charge in [-0.15, -0.1) is 0 Å². The molecule has 0 saturated heterocycles. The number of aliphatic carboxylic acids is 2. The third-order valence-corrected chi connectivity index (χ3v) is 4.44. The number of carbonyl (C=O) groups excluding carboxylic acids is 1. The molecule has 10 heteroatoms. The summed E-state index contributed by atoms with van der Waals surface area (Å²) in [5.41, 5.74) is 0. The first-order chi connectivity index (χ1) is 9.11. The summed E-state index contributed by atoms with van der Waals surface area (Å²) in [4.78, 5) is 33.0. The third kappa shape index (κ3) is 4.46. The number of amides is 1. The fourth-order valence-electron chi connectivity index (χ4n) is 2.11. The fraction of sp³-hybridized carbons (Fsp3) is 0.700. The highest BCUT2D eigenvalue weighted by atomic mass is 32.2. The van der Waals surface area contributed by atoms with E-state index in [-0.39, 0.29) is 19.3 Å². The van der Waals surface area contributed by atoms with Crippen LogP contribution in [0.2, 0.25) is 0 Å². The maximum absolute atomic E-state index is 11.8. The van der Waals surface area contributed by atoms with Crippen molar-refractivity contribution < 1.29 is 37.6 Å². The lowest BCUT2D eigenvalue weighted by atomic mass is 10.1. The van der Waals surface area contributed by atoms with E-state index in [1.165, 1.54) is 0 Å². The molecule has 0 spiro atoms. The standard InChI is InChI=1S/C10H15NO8S/c12-8(13)4-7(10(15)16)11-9(14)5-1-2-6(3-5)20(17,18)19/h5-7H,1-4H2,(H,11,14)(H,12,13)(H,15,16)(H,17,18,19)/t5-,6+,7-/m0/s1. The second kappa shape index (κ2) is 6.18. The van der Waals surface area contributed by atoms with E-state index in [4.69, 9.17) is 14.8 Å². The summed E-state index contributed by atoms with van der Waals surface area (Å²) < 4.78 is 30.7. The zero-order valence-electron chi connectivity index (χ0n) is 10.4. The van der Waals surface area contributed by atoms with Crippen LogP contribution in [-0.4, -0.2) is 52.3 Å². The largest absolute Gasteiger partial charge is 0.481 e. The van der Waals surface area contributed by atoms with Crippen molar-refractivity contribution in [3.8, 4) is 0 Å². The second-order valence-electron chi connectivity index (χ2n) is 4.64. The summed E-state index contributed by atoms with van der Waals surface area (Å²) in [7, 11) is -4.22. The van der Waals surface area contributed by atoms with Crippen LogP contribution >= 0.6 is 0 Å². The van der Waals surface area contributed by atoms with Crippen molar-refractivity contribution in [3.05, 3.63) is 0 Å². The van der Waals surface area contributed by atoms with E-state index in [2.05, 4.69) is 5.32 Å². The summed E-state index contributed by atoms with van der Waals surface area (Å²) in [5, 5.41) is 18.3. The Labute approximate surface area is 114 Å². The van der Waals surface area contributed by atoms with Crippen molar-refractivity contribution in [1.29, 1.82) is 0 Å². The van der Waals surface area contributed by atoms with E-state index in [1.807, 2.05) is 0 Å². The summed E-state index contributed by atoms with van der Waals surface area (Å²) in [6, 6.07) is -1.57. The van der Waals surface area contributed by atoms with E-state index in [9.17, 15) is 22.8 Å². The topological polar surface area (TPSA) is 158 Å². The van der Waals surface area contributed by atoms with Crippen LogP contribution < -0.4 is 5.32 Å². The molecular formula is C10H15NO8S. The Morgan fingerprint density at radius 2 is 1.80 bits per heavy atom. The Balaban J connectivity index is 2.63. The Kier molecular flexibility index (Phi) is 5.06. The highest BCUT2D eigenvalue weighted by Crippen LogP contribution is 2.30. The van der Waals surface area contributed by atoms with Gasteiger partial charge in [0.25, 0.3) is 10.1 Å². The van der Waals surface area contributed by atoms with E-state index >= 15 is 0 Å². The van der Waals surface area contributed by atoms with Crippen molar-refractivity contribution >= 4 is 28.0 Å². The van der Waals surface area contributed by atoms with Crippen LogP contribution in [0, 0.1) is 5.92 Å². The van der Waals surface area contributed by atoms with Crippen LogP contribution in [0.15, 0.2) is 0 Å². The summed E-state index contributed by atoms with van der Waals surface area (Å²) in [6.45, 7) is 0. The van der Waals surface area contributed by atoms with E-state index < -0.39 is 51.6 Å². The number of hydrogen-bond acceptors (Lipinski definition) is 5. The quantitative estimate of drug-likeness (QED) is 0.459. The Bertz CT molecular complexity index is 513. The van der Waals surface area contributed by atoms with Crippen LogP contribution in [0.4, 0.5) is 0 Å². The molecule has 114 valence electrons. The SMILES string of the molecule is O=C(O)C[C@H](NC(=O)[C@H]1CC[C@@H](S(=O)(=O)O)C1)C(=O)O. The highest BCUT2D eigenvalue weighted by molar-refractivity contribution is 7.86. The number of rotatable bonds is 6. The average molecular weight is 309 g/mol. The molecule has 1 saturated carbocycles. The van der Waals surface area contributed by atoms with Crippen molar-refractivity contribution in [2.75, 3.05) is 0 Å². The molecule has 0 aliphatic heterocycles. The van der Waals surface area contributed by atoms with Crippen LogP contribution in [0.25, 0.3) is 0 Å². The van der Waals surface area contributed by atoms with Gasteiger partial charge in [0.05, 0.1) is 11.7 Å². The molecule has 0 aromatic rings. The molecule has 1 aliphatic rings. The minimum atomic E-state index is -4.22. The van der Waals surface area contributed by atoms with Gasteiger partial charge in [-0.05, 0) is 19.3 Å². The number of carboxylic acids is 2. The number of carbonyl (C=O) groups is 3.